The van der Waals surface area contributed by atoms with Gasteiger partial charge in [-0.2, -0.15) is 5.10 Å². The molecule has 0 aliphatic rings. The van der Waals surface area contributed by atoms with Crippen LogP contribution in [0.4, 0.5) is 0 Å². The summed E-state index contributed by atoms with van der Waals surface area (Å²) in [4.78, 5) is 10.1. The van der Waals surface area contributed by atoms with Crippen LogP contribution >= 0.6 is 0 Å². The molecule has 2 N–H and O–H groups in total. The quantitative estimate of drug-likeness (QED) is 0.566. The van der Waals surface area contributed by atoms with E-state index in [-0.39, 0.29) is 5.54 Å². The van der Waals surface area contributed by atoms with Gasteiger partial charge in [-0.3, -0.25) is 9.48 Å². The van der Waals surface area contributed by atoms with Crippen LogP contribution in [-0.2, 0) is 16.9 Å². The Bertz CT molecular complexity index is 379. The van der Waals surface area contributed by atoms with Crippen LogP contribution in [0.5, 0.6) is 0 Å². The van der Waals surface area contributed by atoms with E-state index in [0.717, 1.165) is 32.5 Å². The molecule has 0 radical (unpaired) electrons. The highest BCUT2D eigenvalue weighted by atomic mass is 16.1. The van der Waals surface area contributed by atoms with Crippen LogP contribution in [0.1, 0.15) is 38.4 Å². The lowest BCUT2D eigenvalue weighted by atomic mass is 10.1. The second-order valence-electron chi connectivity index (χ2n) is 5.44. The number of nitrogens with one attached hydrogen (secondary N) is 2. The Hall–Kier alpha value is -1.36. The van der Waals surface area contributed by atoms with Crippen LogP contribution in [-0.4, -0.2) is 29.3 Å². The number of carbonyl (C=O) groups is 1. The van der Waals surface area contributed by atoms with Crippen molar-refractivity contribution in [1.82, 2.24) is 20.4 Å². The first-order valence-corrected chi connectivity index (χ1v) is 6.38. The van der Waals surface area contributed by atoms with E-state index >= 15 is 0 Å². The topological polar surface area (TPSA) is 58.9 Å². The minimum atomic E-state index is 0.0240. The molecule has 0 fully saturated rings. The molecule has 102 valence electrons. The lowest BCUT2D eigenvalue weighted by Gasteiger charge is -2.21. The predicted molar refractivity (Wildman–Crippen MR) is 72.4 cm³/mol. The fraction of sp³-hybridized carbons (Fsp3) is 0.692. The summed E-state index contributed by atoms with van der Waals surface area (Å²) in [6.45, 7) is 11.0. The average molecular weight is 252 g/mol. The van der Waals surface area contributed by atoms with Crippen LogP contribution < -0.4 is 10.6 Å². The Balaban J connectivity index is 2.40. The third-order valence-corrected chi connectivity index (χ3v) is 2.82. The van der Waals surface area contributed by atoms with E-state index in [1.807, 2.05) is 6.20 Å². The molecule has 0 saturated carbocycles. The van der Waals surface area contributed by atoms with Crippen molar-refractivity contribution in [3.63, 3.8) is 0 Å². The summed E-state index contributed by atoms with van der Waals surface area (Å²) in [6.07, 6.45) is 3.60. The molecule has 5 nitrogen and oxygen atoms in total. The maximum Gasteiger partial charge on any atom is 0.207 e. The van der Waals surface area contributed by atoms with E-state index in [1.165, 1.54) is 11.3 Å². The minimum absolute atomic E-state index is 0.0240. The van der Waals surface area contributed by atoms with Gasteiger partial charge >= 0.3 is 0 Å². The largest absolute Gasteiger partial charge is 0.359 e. The van der Waals surface area contributed by atoms with Gasteiger partial charge in [0.2, 0.25) is 6.41 Å². The van der Waals surface area contributed by atoms with Crippen LogP contribution in [0, 0.1) is 6.92 Å². The summed E-state index contributed by atoms with van der Waals surface area (Å²) in [5, 5.41) is 10.4. The van der Waals surface area contributed by atoms with E-state index in [1.54, 1.807) is 0 Å². The van der Waals surface area contributed by atoms with Gasteiger partial charge in [0.25, 0.3) is 0 Å². The number of aromatic nitrogens is 2. The number of rotatable bonds is 7. The van der Waals surface area contributed by atoms with Crippen molar-refractivity contribution in [1.29, 1.82) is 0 Å². The number of carbonyl (C=O) groups excluding carboxylic acids is 1. The monoisotopic (exact) mass is 252 g/mol. The van der Waals surface area contributed by atoms with Gasteiger partial charge in [-0.05, 0) is 40.7 Å². The molecule has 18 heavy (non-hydrogen) atoms. The molecule has 1 heterocycles. The van der Waals surface area contributed by atoms with E-state index in [2.05, 4.69) is 48.1 Å². The van der Waals surface area contributed by atoms with Gasteiger partial charge in [0.15, 0.2) is 0 Å². The van der Waals surface area contributed by atoms with Crippen molar-refractivity contribution >= 4 is 6.41 Å². The normalized spacial score (nSPS) is 11.6. The van der Waals surface area contributed by atoms with E-state index < -0.39 is 0 Å². The molecule has 0 aliphatic heterocycles. The van der Waals surface area contributed by atoms with Gasteiger partial charge in [0.1, 0.15) is 0 Å². The lowest BCUT2D eigenvalue weighted by molar-refractivity contribution is -0.109. The van der Waals surface area contributed by atoms with Crippen LogP contribution in [0.3, 0.4) is 0 Å². The average Bonchev–Trinajstić information content (AvgIpc) is 2.65. The zero-order chi connectivity index (χ0) is 13.6. The van der Waals surface area contributed by atoms with Crippen molar-refractivity contribution in [2.75, 3.05) is 13.1 Å². The Kier molecular flexibility index (Phi) is 5.34. The third kappa shape index (κ3) is 4.14. The Labute approximate surface area is 109 Å². The SMILES string of the molecule is Cc1c(CNCCCNC=O)cnn1C(C)(C)C. The second kappa shape index (κ2) is 6.54. The Morgan fingerprint density at radius 1 is 1.39 bits per heavy atom. The molecule has 1 aromatic rings. The number of hydrogen-bond donors (Lipinski definition) is 2. The predicted octanol–water partition coefficient (Wildman–Crippen LogP) is 1.17. The molecule has 0 unspecified atom stereocenters. The summed E-state index contributed by atoms with van der Waals surface area (Å²) in [5.41, 5.74) is 2.46. The standard InChI is InChI=1S/C13H24N4O/c1-11-12(8-14-6-5-7-15-10-18)9-16-17(11)13(2,3)4/h9-10,14H,5-8H2,1-4H3,(H,15,18). The number of nitrogens with zero attached hydrogens (tertiary/aromatic N) is 2. The molecule has 5 heteroatoms. The molecule has 1 aromatic heterocycles. The first kappa shape index (κ1) is 14.7. The molecular formula is C13H24N4O. The van der Waals surface area contributed by atoms with Gasteiger partial charge in [-0.15, -0.1) is 0 Å². The number of hydrogen-bond acceptors (Lipinski definition) is 3. The fourth-order valence-electron chi connectivity index (χ4n) is 1.89. The van der Waals surface area contributed by atoms with E-state index in [0.29, 0.717) is 0 Å². The summed E-state index contributed by atoms with van der Waals surface area (Å²) in [7, 11) is 0. The first-order chi connectivity index (χ1) is 8.46. The molecule has 0 saturated heterocycles. The smallest absolute Gasteiger partial charge is 0.207 e. The van der Waals surface area contributed by atoms with E-state index in [9.17, 15) is 4.79 Å². The maximum atomic E-state index is 10.1. The molecule has 0 spiro atoms. The van der Waals surface area contributed by atoms with Crippen LogP contribution in [0.2, 0.25) is 0 Å². The minimum Gasteiger partial charge on any atom is -0.359 e. The molecular weight excluding hydrogens is 228 g/mol. The van der Waals surface area contributed by atoms with Gasteiger partial charge in [0.05, 0.1) is 11.7 Å². The van der Waals surface area contributed by atoms with Crippen LogP contribution in [0.25, 0.3) is 0 Å². The maximum absolute atomic E-state index is 10.1. The summed E-state index contributed by atoms with van der Waals surface area (Å²) >= 11 is 0. The molecule has 1 rings (SSSR count). The van der Waals surface area contributed by atoms with Gasteiger partial charge in [0, 0.05) is 24.3 Å². The summed E-state index contributed by atoms with van der Waals surface area (Å²) < 4.78 is 2.05. The van der Waals surface area contributed by atoms with Gasteiger partial charge in [-0.25, -0.2) is 0 Å². The zero-order valence-electron chi connectivity index (χ0n) is 11.8. The zero-order valence-corrected chi connectivity index (χ0v) is 11.8. The highest BCUT2D eigenvalue weighted by molar-refractivity contribution is 5.45. The van der Waals surface area contributed by atoms with Gasteiger partial charge in [-0.1, -0.05) is 0 Å². The van der Waals surface area contributed by atoms with Crippen molar-refractivity contribution < 1.29 is 4.79 Å². The van der Waals surface area contributed by atoms with Crippen molar-refractivity contribution in [2.45, 2.75) is 46.2 Å². The molecule has 0 aromatic carbocycles. The third-order valence-electron chi connectivity index (χ3n) is 2.82. The van der Waals surface area contributed by atoms with Gasteiger partial charge < -0.3 is 10.6 Å². The molecule has 0 aliphatic carbocycles. The molecule has 0 bridgehead atoms. The first-order valence-electron chi connectivity index (χ1n) is 6.38. The molecule has 1 amide bonds. The highest BCUT2D eigenvalue weighted by Gasteiger charge is 2.17. The Morgan fingerprint density at radius 3 is 2.67 bits per heavy atom. The second-order valence-corrected chi connectivity index (χ2v) is 5.44. The van der Waals surface area contributed by atoms with Crippen molar-refractivity contribution in [3.8, 4) is 0 Å². The summed E-state index contributed by atoms with van der Waals surface area (Å²) in [5.74, 6) is 0. The number of amides is 1. The molecule has 0 atom stereocenters. The lowest BCUT2D eigenvalue weighted by Crippen LogP contribution is -2.25. The van der Waals surface area contributed by atoms with Crippen LogP contribution in [0.15, 0.2) is 6.20 Å². The fourth-order valence-corrected chi connectivity index (χ4v) is 1.89. The highest BCUT2D eigenvalue weighted by Crippen LogP contribution is 2.17. The van der Waals surface area contributed by atoms with Crippen molar-refractivity contribution in [3.05, 3.63) is 17.5 Å². The van der Waals surface area contributed by atoms with E-state index in [4.69, 9.17) is 0 Å². The van der Waals surface area contributed by atoms with Crippen molar-refractivity contribution in [2.24, 2.45) is 0 Å². The Morgan fingerprint density at radius 2 is 2.11 bits per heavy atom. The summed E-state index contributed by atoms with van der Waals surface area (Å²) in [6, 6.07) is 0.